The van der Waals surface area contributed by atoms with Crippen LogP contribution >= 0.6 is 44.0 Å². The van der Waals surface area contributed by atoms with Gasteiger partial charge in [0, 0.05) is 0 Å². The minimum absolute atomic E-state index is 1.70. The van der Waals surface area contributed by atoms with Crippen molar-refractivity contribution in [1.82, 2.24) is 0 Å². The van der Waals surface area contributed by atoms with Crippen molar-refractivity contribution in [3.8, 4) is 0 Å². The van der Waals surface area contributed by atoms with E-state index in [4.69, 9.17) is 22.2 Å². The monoisotopic (exact) mass is 240 g/mol. The van der Waals surface area contributed by atoms with Crippen LogP contribution in [0.4, 0.5) is 0 Å². The summed E-state index contributed by atoms with van der Waals surface area (Å²) in [6, 6.07) is 0. The van der Waals surface area contributed by atoms with Gasteiger partial charge in [-0.1, -0.05) is 21.8 Å². The van der Waals surface area contributed by atoms with Crippen LogP contribution in [0.2, 0.25) is 6.55 Å². The highest BCUT2D eigenvalue weighted by atomic mass is 127. The predicted molar refractivity (Wildman–Crippen MR) is 37.3 cm³/mol. The maximum absolute atomic E-state index is 5.42. The Morgan fingerprint density at radius 1 is 1.60 bits per heavy atom. The van der Waals surface area contributed by atoms with Gasteiger partial charge >= 0.3 is 4.19 Å². The molecule has 0 N–H and O–H groups in total. The lowest BCUT2D eigenvalue weighted by molar-refractivity contribution is 2.33. The molecule has 0 heterocycles. The molecular formula is CH3Cl2ISi. The smallest absolute Gasteiger partial charge is 0.133 e. The molecule has 0 radical (unpaired) electrons. The normalized spacial score (nSPS) is 12.0. The van der Waals surface area contributed by atoms with Gasteiger partial charge in [0.15, 0.2) is 0 Å². The van der Waals surface area contributed by atoms with Gasteiger partial charge in [0.2, 0.25) is 0 Å². The fourth-order valence-corrected chi connectivity index (χ4v) is 0. The van der Waals surface area contributed by atoms with Gasteiger partial charge in [-0.15, -0.1) is 22.2 Å². The standard InChI is InChI=1S/CH3Cl2ISi/c1-5(2,3)4/h1H3. The average Bonchev–Trinajstić information content (AvgIpc) is 0.722. The Kier molecular flexibility index (Phi) is 2.61. The lowest BCUT2D eigenvalue weighted by Gasteiger charge is -1.90. The van der Waals surface area contributed by atoms with E-state index in [1.807, 2.05) is 28.3 Å². The van der Waals surface area contributed by atoms with Crippen molar-refractivity contribution >= 4 is 48.1 Å². The highest BCUT2D eigenvalue weighted by Crippen LogP contribution is 2.20. The van der Waals surface area contributed by atoms with Gasteiger partial charge in [0.25, 0.3) is 0 Å². The van der Waals surface area contributed by atoms with Gasteiger partial charge in [0.05, 0.1) is 0 Å². The average molecular weight is 241 g/mol. The molecule has 0 unspecified atom stereocenters. The van der Waals surface area contributed by atoms with Crippen LogP contribution in [-0.4, -0.2) is 4.19 Å². The molecule has 0 aliphatic carbocycles. The molecule has 0 fully saturated rings. The van der Waals surface area contributed by atoms with E-state index in [1.165, 1.54) is 0 Å². The topological polar surface area (TPSA) is 0 Å². The van der Waals surface area contributed by atoms with Crippen LogP contribution in [0.25, 0.3) is 0 Å². The Morgan fingerprint density at radius 2 is 1.60 bits per heavy atom. The summed E-state index contributed by atoms with van der Waals surface area (Å²) in [5.41, 5.74) is 0. The SMILES string of the molecule is C[Si](Cl)(Cl)I. The Morgan fingerprint density at radius 3 is 1.60 bits per heavy atom. The molecule has 0 aliphatic rings. The molecular weight excluding hydrogens is 238 g/mol. The van der Waals surface area contributed by atoms with Crippen LogP contribution in [0.5, 0.6) is 0 Å². The van der Waals surface area contributed by atoms with E-state index >= 15 is 0 Å². The van der Waals surface area contributed by atoms with Crippen molar-refractivity contribution < 1.29 is 0 Å². The van der Waals surface area contributed by atoms with E-state index < -0.39 is 4.19 Å². The third-order valence-corrected chi connectivity index (χ3v) is 0. The second kappa shape index (κ2) is 2.00. The molecule has 0 aromatic heterocycles. The summed E-state index contributed by atoms with van der Waals surface area (Å²) in [6.45, 7) is 1.84. The second-order valence-corrected chi connectivity index (χ2v) is 17.8. The highest BCUT2D eigenvalue weighted by Gasteiger charge is 2.12. The molecule has 5 heavy (non-hydrogen) atoms. The third kappa shape index (κ3) is 29.5. The molecule has 32 valence electrons. The number of hydrogen-bond acceptors (Lipinski definition) is 0. The van der Waals surface area contributed by atoms with E-state index in [0.717, 1.165) is 0 Å². The zero-order valence-corrected chi connectivity index (χ0v) is 7.30. The van der Waals surface area contributed by atoms with Gasteiger partial charge in [0.1, 0.15) is 0 Å². The molecule has 0 amide bonds. The van der Waals surface area contributed by atoms with Crippen LogP contribution < -0.4 is 0 Å². The summed E-state index contributed by atoms with van der Waals surface area (Å²) in [5, 5.41) is 0. The lowest BCUT2D eigenvalue weighted by Crippen LogP contribution is -1.95. The maximum atomic E-state index is 5.42. The molecule has 0 spiro atoms. The first kappa shape index (κ1) is 6.53. The Labute approximate surface area is 54.5 Å². The van der Waals surface area contributed by atoms with E-state index in [0.29, 0.717) is 0 Å². The largest absolute Gasteiger partial charge is 0.309 e. The first-order valence-electron chi connectivity index (χ1n) is 1.07. The van der Waals surface area contributed by atoms with Crippen molar-refractivity contribution in [3.05, 3.63) is 0 Å². The van der Waals surface area contributed by atoms with Gasteiger partial charge < -0.3 is 0 Å². The zero-order chi connectivity index (χ0) is 4.50. The molecule has 0 saturated carbocycles. The minimum atomic E-state index is -1.70. The maximum Gasteiger partial charge on any atom is 0.309 e. The van der Waals surface area contributed by atoms with Crippen molar-refractivity contribution in [1.29, 1.82) is 0 Å². The number of halogens is 3. The third-order valence-electron chi connectivity index (χ3n) is 0. The van der Waals surface area contributed by atoms with E-state index in [9.17, 15) is 0 Å². The minimum Gasteiger partial charge on any atom is -0.133 e. The van der Waals surface area contributed by atoms with Crippen LogP contribution in [0, 0.1) is 0 Å². The van der Waals surface area contributed by atoms with Crippen molar-refractivity contribution in [3.63, 3.8) is 0 Å². The molecule has 0 aromatic rings. The summed E-state index contributed by atoms with van der Waals surface area (Å²) in [7, 11) is 0. The predicted octanol–water partition coefficient (Wildman–Crippen LogP) is 2.47. The fourth-order valence-electron chi connectivity index (χ4n) is 0. The summed E-state index contributed by atoms with van der Waals surface area (Å²) in [4.78, 5) is 0. The van der Waals surface area contributed by atoms with Crippen LogP contribution in [-0.2, 0) is 0 Å². The van der Waals surface area contributed by atoms with Crippen molar-refractivity contribution in [2.24, 2.45) is 0 Å². The molecule has 0 nitrogen and oxygen atoms in total. The van der Waals surface area contributed by atoms with Crippen LogP contribution in [0.3, 0.4) is 0 Å². The quantitative estimate of drug-likeness (QED) is 0.347. The molecule has 0 aromatic carbocycles. The summed E-state index contributed by atoms with van der Waals surface area (Å²) >= 11 is 12.9. The highest BCUT2D eigenvalue weighted by molar-refractivity contribution is 14.1. The first-order valence-corrected chi connectivity index (χ1v) is 8.70. The summed E-state index contributed by atoms with van der Waals surface area (Å²) in [6.07, 6.45) is 0. The number of rotatable bonds is 0. The van der Waals surface area contributed by atoms with Gasteiger partial charge in [-0.2, -0.15) is 0 Å². The Balaban J connectivity index is 3.02. The van der Waals surface area contributed by atoms with Crippen molar-refractivity contribution in [2.45, 2.75) is 6.55 Å². The van der Waals surface area contributed by atoms with E-state index in [1.54, 1.807) is 0 Å². The molecule has 0 atom stereocenters. The molecule has 0 saturated heterocycles. The van der Waals surface area contributed by atoms with Gasteiger partial charge in [-0.3, -0.25) is 0 Å². The zero-order valence-electron chi connectivity index (χ0n) is 2.63. The van der Waals surface area contributed by atoms with E-state index in [-0.39, 0.29) is 0 Å². The Bertz CT molecular complexity index is 25.1. The summed E-state index contributed by atoms with van der Waals surface area (Å²) in [5.74, 6) is 0. The van der Waals surface area contributed by atoms with Gasteiger partial charge in [-0.05, 0) is 6.55 Å². The molecule has 0 rings (SSSR count). The van der Waals surface area contributed by atoms with Crippen LogP contribution in [0.15, 0.2) is 0 Å². The second-order valence-electron chi connectivity index (χ2n) is 0.781. The Hall–Kier alpha value is 1.53. The van der Waals surface area contributed by atoms with Crippen molar-refractivity contribution in [2.75, 3.05) is 0 Å². The lowest BCUT2D eigenvalue weighted by atomic mass is 11.9. The number of hydrogen-bond donors (Lipinski definition) is 0. The van der Waals surface area contributed by atoms with Gasteiger partial charge in [-0.25, -0.2) is 0 Å². The molecule has 0 bridgehead atoms. The summed E-state index contributed by atoms with van der Waals surface area (Å²) < 4.78 is -1.70. The molecule has 0 aliphatic heterocycles. The molecule has 4 heteroatoms. The first-order chi connectivity index (χ1) is 2.00. The van der Waals surface area contributed by atoms with Crippen LogP contribution in [0.1, 0.15) is 0 Å². The van der Waals surface area contributed by atoms with E-state index in [2.05, 4.69) is 0 Å². The fraction of sp³-hybridized carbons (Fsp3) is 1.00.